The van der Waals surface area contributed by atoms with Crippen LogP contribution in [0.3, 0.4) is 0 Å². The highest BCUT2D eigenvalue weighted by Crippen LogP contribution is 2.38. The van der Waals surface area contributed by atoms with E-state index in [4.69, 9.17) is 12.2 Å². The molecule has 0 bridgehead atoms. The van der Waals surface area contributed by atoms with Gasteiger partial charge in [0.25, 0.3) is 5.69 Å². The number of nitro benzene ring substituents is 1. The number of halogens is 3. The number of hydrogen-bond acceptors (Lipinski definition) is 4. The lowest BCUT2D eigenvalue weighted by Crippen LogP contribution is -2.09. The zero-order valence-electron chi connectivity index (χ0n) is 9.93. The molecule has 10 heteroatoms. The van der Waals surface area contributed by atoms with Crippen LogP contribution in [0.1, 0.15) is 5.56 Å². The topological polar surface area (TPSA) is 76.8 Å². The molecule has 0 unspecified atom stereocenters. The monoisotopic (exact) mass is 304 g/mol. The number of aromatic nitrogens is 3. The molecule has 0 aliphatic heterocycles. The molecule has 6 nitrogen and oxygen atoms in total. The van der Waals surface area contributed by atoms with Gasteiger partial charge in [-0.05, 0) is 18.3 Å². The third-order valence-corrected chi connectivity index (χ3v) is 3.01. The first-order valence-corrected chi connectivity index (χ1v) is 5.60. The molecule has 0 spiro atoms. The van der Waals surface area contributed by atoms with Crippen molar-refractivity contribution in [2.45, 2.75) is 6.18 Å². The SMILES string of the molecule is Cn1c(-c2ccc([N+](=O)[O-])cc2C(F)(F)F)n[nH]c1=S. The van der Waals surface area contributed by atoms with Crippen molar-refractivity contribution < 1.29 is 18.1 Å². The highest BCUT2D eigenvalue weighted by molar-refractivity contribution is 7.71. The van der Waals surface area contributed by atoms with Gasteiger partial charge < -0.3 is 4.57 Å². The Morgan fingerprint density at radius 2 is 2.10 bits per heavy atom. The van der Waals surface area contributed by atoms with Gasteiger partial charge in [-0.15, -0.1) is 0 Å². The van der Waals surface area contributed by atoms with Crippen LogP contribution in [0.4, 0.5) is 18.9 Å². The van der Waals surface area contributed by atoms with E-state index < -0.39 is 22.4 Å². The number of benzene rings is 1. The van der Waals surface area contributed by atoms with Gasteiger partial charge in [0.05, 0.1) is 10.5 Å². The fraction of sp³-hybridized carbons (Fsp3) is 0.200. The van der Waals surface area contributed by atoms with E-state index in [2.05, 4.69) is 10.2 Å². The first kappa shape index (κ1) is 14.2. The number of nitrogens with zero attached hydrogens (tertiary/aromatic N) is 3. The second-order valence-electron chi connectivity index (χ2n) is 3.90. The molecular weight excluding hydrogens is 297 g/mol. The first-order valence-electron chi connectivity index (χ1n) is 5.19. The smallest absolute Gasteiger partial charge is 0.303 e. The maximum Gasteiger partial charge on any atom is 0.417 e. The van der Waals surface area contributed by atoms with E-state index in [-0.39, 0.29) is 16.2 Å². The number of rotatable bonds is 2. The van der Waals surface area contributed by atoms with E-state index in [0.717, 1.165) is 12.1 Å². The van der Waals surface area contributed by atoms with Crippen LogP contribution in [0, 0.1) is 14.9 Å². The van der Waals surface area contributed by atoms with Crippen molar-refractivity contribution in [3.05, 3.63) is 38.6 Å². The summed E-state index contributed by atoms with van der Waals surface area (Å²) in [5.74, 6) is -0.0442. The molecule has 0 amide bonds. The highest BCUT2D eigenvalue weighted by Gasteiger charge is 2.36. The Morgan fingerprint density at radius 3 is 2.55 bits per heavy atom. The predicted molar refractivity (Wildman–Crippen MR) is 65.5 cm³/mol. The van der Waals surface area contributed by atoms with Crippen LogP contribution in [0.2, 0.25) is 0 Å². The molecule has 0 atom stereocenters. The summed E-state index contributed by atoms with van der Waals surface area (Å²) < 4.78 is 40.5. The summed E-state index contributed by atoms with van der Waals surface area (Å²) >= 11 is 4.83. The predicted octanol–water partition coefficient (Wildman–Crippen LogP) is 3.07. The van der Waals surface area contributed by atoms with Gasteiger partial charge >= 0.3 is 6.18 Å². The van der Waals surface area contributed by atoms with Gasteiger partial charge in [0.1, 0.15) is 0 Å². The average Bonchev–Trinajstić information content (AvgIpc) is 2.68. The molecule has 1 heterocycles. The first-order chi connectivity index (χ1) is 9.21. The number of nitro groups is 1. The standard InChI is InChI=1S/C10H7F3N4O2S/c1-16-8(14-15-9(16)20)6-3-2-5(17(18)19)4-7(6)10(11,12)13/h2-4H,1H3,(H,15,20). The van der Waals surface area contributed by atoms with Gasteiger partial charge in [0, 0.05) is 24.7 Å². The largest absolute Gasteiger partial charge is 0.417 e. The van der Waals surface area contributed by atoms with Crippen LogP contribution in [0.25, 0.3) is 11.4 Å². The van der Waals surface area contributed by atoms with Crippen molar-refractivity contribution in [3.63, 3.8) is 0 Å². The molecule has 20 heavy (non-hydrogen) atoms. The fourth-order valence-electron chi connectivity index (χ4n) is 1.66. The van der Waals surface area contributed by atoms with Gasteiger partial charge in [-0.3, -0.25) is 15.2 Å². The summed E-state index contributed by atoms with van der Waals surface area (Å²) in [6, 6.07) is 2.47. The zero-order valence-corrected chi connectivity index (χ0v) is 10.7. The maximum atomic E-state index is 13.0. The summed E-state index contributed by atoms with van der Waals surface area (Å²) in [5, 5.41) is 16.7. The molecule has 0 saturated heterocycles. The number of non-ortho nitro benzene ring substituents is 1. The van der Waals surface area contributed by atoms with Crippen molar-refractivity contribution in [2.75, 3.05) is 0 Å². The van der Waals surface area contributed by atoms with E-state index in [9.17, 15) is 23.3 Å². The van der Waals surface area contributed by atoms with Gasteiger partial charge in [-0.25, -0.2) is 0 Å². The molecule has 106 valence electrons. The molecule has 0 saturated carbocycles. The Labute approximate surface area is 115 Å². The summed E-state index contributed by atoms with van der Waals surface area (Å²) in [6.07, 6.45) is -4.74. The van der Waals surface area contributed by atoms with Gasteiger partial charge in [-0.1, -0.05) is 0 Å². The summed E-state index contributed by atoms with van der Waals surface area (Å²) in [4.78, 5) is 9.71. The average molecular weight is 304 g/mol. The third-order valence-electron chi connectivity index (χ3n) is 2.64. The lowest BCUT2D eigenvalue weighted by Gasteiger charge is -2.11. The molecule has 0 radical (unpaired) electrons. The number of nitrogens with one attached hydrogen (secondary N) is 1. The van der Waals surface area contributed by atoms with Gasteiger partial charge in [0.15, 0.2) is 10.6 Å². The number of hydrogen-bond donors (Lipinski definition) is 1. The van der Waals surface area contributed by atoms with Gasteiger partial charge in [-0.2, -0.15) is 18.3 Å². The molecule has 2 aromatic rings. The molecule has 2 rings (SSSR count). The van der Waals surface area contributed by atoms with Crippen LogP contribution in [-0.4, -0.2) is 19.7 Å². The molecule has 1 N–H and O–H groups in total. The lowest BCUT2D eigenvalue weighted by molar-refractivity contribution is -0.385. The van der Waals surface area contributed by atoms with E-state index >= 15 is 0 Å². The Hall–Kier alpha value is -2.23. The highest BCUT2D eigenvalue weighted by atomic mass is 32.1. The van der Waals surface area contributed by atoms with Crippen molar-refractivity contribution >= 4 is 17.9 Å². The van der Waals surface area contributed by atoms with E-state index in [1.54, 1.807) is 0 Å². The number of H-pyrrole nitrogens is 1. The maximum absolute atomic E-state index is 13.0. The van der Waals surface area contributed by atoms with Crippen molar-refractivity contribution in [3.8, 4) is 11.4 Å². The third kappa shape index (κ3) is 2.41. The summed E-state index contributed by atoms with van der Waals surface area (Å²) in [6.45, 7) is 0. The van der Waals surface area contributed by atoms with Crippen LogP contribution >= 0.6 is 12.2 Å². The minimum absolute atomic E-state index is 0.0442. The van der Waals surface area contributed by atoms with Crippen LogP contribution in [0.15, 0.2) is 18.2 Å². The number of aromatic amines is 1. The van der Waals surface area contributed by atoms with Crippen molar-refractivity contribution in [1.82, 2.24) is 14.8 Å². The van der Waals surface area contributed by atoms with Crippen LogP contribution in [0.5, 0.6) is 0 Å². The minimum Gasteiger partial charge on any atom is -0.303 e. The van der Waals surface area contributed by atoms with E-state index in [1.807, 2.05) is 0 Å². The minimum atomic E-state index is -4.74. The Bertz CT molecular complexity index is 735. The summed E-state index contributed by atoms with van der Waals surface area (Å²) in [7, 11) is 1.45. The van der Waals surface area contributed by atoms with E-state index in [0.29, 0.717) is 6.07 Å². The zero-order chi connectivity index (χ0) is 15.1. The molecular formula is C10H7F3N4O2S. The molecule has 1 aromatic carbocycles. The fourth-order valence-corrected chi connectivity index (χ4v) is 1.80. The van der Waals surface area contributed by atoms with Gasteiger partial charge in [0.2, 0.25) is 0 Å². The normalized spacial score (nSPS) is 11.6. The second kappa shape index (κ2) is 4.71. The van der Waals surface area contributed by atoms with Crippen molar-refractivity contribution in [1.29, 1.82) is 0 Å². The molecule has 0 aliphatic rings. The van der Waals surface area contributed by atoms with Crippen LogP contribution in [-0.2, 0) is 13.2 Å². The van der Waals surface area contributed by atoms with E-state index in [1.165, 1.54) is 11.6 Å². The second-order valence-corrected chi connectivity index (χ2v) is 4.28. The molecule has 0 fully saturated rings. The Balaban J connectivity index is 2.73. The summed E-state index contributed by atoms with van der Waals surface area (Å²) in [5.41, 5.74) is -2.06. The number of alkyl halides is 3. The Morgan fingerprint density at radius 1 is 1.45 bits per heavy atom. The quantitative estimate of drug-likeness (QED) is 0.525. The van der Waals surface area contributed by atoms with Crippen molar-refractivity contribution in [2.24, 2.45) is 7.05 Å². The lowest BCUT2D eigenvalue weighted by atomic mass is 10.1. The molecule has 0 aliphatic carbocycles. The molecule has 1 aromatic heterocycles. The Kier molecular flexibility index (Phi) is 3.34. The van der Waals surface area contributed by atoms with Crippen LogP contribution < -0.4 is 0 Å².